The van der Waals surface area contributed by atoms with Crippen molar-refractivity contribution in [3.8, 4) is 0 Å². The van der Waals surface area contributed by atoms with Gasteiger partial charge in [-0.05, 0) is 51.1 Å². The van der Waals surface area contributed by atoms with Crippen molar-refractivity contribution < 1.29 is 18.9 Å². The maximum atomic E-state index is 9.34. The predicted octanol–water partition coefficient (Wildman–Crippen LogP) is 4.75. The van der Waals surface area contributed by atoms with Gasteiger partial charge >= 0.3 is 7.12 Å². The molecule has 25 heavy (non-hydrogen) atoms. The van der Waals surface area contributed by atoms with E-state index < -0.39 is 29.4 Å². The van der Waals surface area contributed by atoms with Crippen LogP contribution in [0, 0.1) is 0 Å². The van der Waals surface area contributed by atoms with E-state index in [-0.39, 0.29) is 6.10 Å². The fourth-order valence-electron chi connectivity index (χ4n) is 3.32. The molecule has 4 nitrogen and oxygen atoms in total. The minimum atomic E-state index is -1.86. The Morgan fingerprint density at radius 3 is 1.92 bits per heavy atom. The van der Waals surface area contributed by atoms with Crippen LogP contribution in [0.3, 0.4) is 0 Å². The van der Waals surface area contributed by atoms with Gasteiger partial charge in [0.05, 0.1) is 11.7 Å². The van der Waals surface area contributed by atoms with E-state index in [1.54, 1.807) is 0 Å². The van der Waals surface area contributed by atoms with Gasteiger partial charge in [-0.3, -0.25) is 0 Å². The van der Waals surface area contributed by atoms with Crippen LogP contribution >= 0.6 is 0 Å². The average Bonchev–Trinajstić information content (AvgIpc) is 2.52. The Balaban J connectivity index is 5.82. The second-order valence-corrected chi connectivity index (χ2v) is 17.4. The van der Waals surface area contributed by atoms with Gasteiger partial charge in [0.1, 0.15) is 0 Å². The summed E-state index contributed by atoms with van der Waals surface area (Å²) in [6.45, 7) is 17.5. The maximum absolute atomic E-state index is 9.34. The molecule has 0 amide bonds. The summed E-state index contributed by atoms with van der Waals surface area (Å²) in [7, 11) is -5.11. The monoisotopic (exact) mass is 388 g/mol. The van der Waals surface area contributed by atoms with Gasteiger partial charge in [0.2, 0.25) is 0 Å². The van der Waals surface area contributed by atoms with Crippen LogP contribution in [0.15, 0.2) is 12.1 Å². The van der Waals surface area contributed by atoms with Crippen LogP contribution in [0.5, 0.6) is 0 Å². The van der Waals surface area contributed by atoms with E-state index >= 15 is 0 Å². The zero-order valence-electron chi connectivity index (χ0n) is 17.8. The first kappa shape index (κ1) is 25.1. The van der Waals surface area contributed by atoms with Gasteiger partial charge in [0, 0.05) is 0 Å². The Hall–Kier alpha value is 0.0787. The lowest BCUT2D eigenvalue weighted by atomic mass is 9.86. The van der Waals surface area contributed by atoms with Gasteiger partial charge in [0.15, 0.2) is 16.6 Å². The van der Waals surface area contributed by atoms with E-state index in [0.29, 0.717) is 0 Å². The van der Waals surface area contributed by atoms with Gasteiger partial charge in [-0.25, -0.2) is 0 Å². The van der Waals surface area contributed by atoms with Crippen LogP contribution in [0.25, 0.3) is 0 Å². The lowest BCUT2D eigenvalue weighted by molar-refractivity contribution is -0.0227. The number of hydrogen-bond donors (Lipinski definition) is 2. The fourth-order valence-corrected chi connectivity index (χ4v) is 7.80. The summed E-state index contributed by atoms with van der Waals surface area (Å²) in [6, 6.07) is 3.18. The largest absolute Gasteiger partial charge is 0.480 e. The quantitative estimate of drug-likeness (QED) is 0.447. The molecule has 0 radical (unpaired) electrons. The second-order valence-electron chi connectivity index (χ2n) is 8.21. The highest BCUT2D eigenvalue weighted by Crippen LogP contribution is 2.34. The molecule has 0 rings (SSSR count). The zero-order valence-corrected chi connectivity index (χ0v) is 19.8. The molecule has 0 aromatic rings. The van der Waals surface area contributed by atoms with Crippen LogP contribution in [0.2, 0.25) is 37.8 Å². The highest BCUT2D eigenvalue weighted by molar-refractivity contribution is 6.73. The molecule has 0 aromatic heterocycles. The van der Waals surface area contributed by atoms with Gasteiger partial charge in [-0.1, -0.05) is 52.6 Å². The van der Waals surface area contributed by atoms with E-state index in [1.807, 2.05) is 6.08 Å². The first-order valence-corrected chi connectivity index (χ1v) is 15.8. The van der Waals surface area contributed by atoms with Gasteiger partial charge in [-0.2, -0.15) is 0 Å². The van der Waals surface area contributed by atoms with Crippen LogP contribution in [-0.2, 0) is 8.85 Å². The van der Waals surface area contributed by atoms with E-state index in [9.17, 15) is 10.0 Å². The normalized spacial score (nSPS) is 16.9. The molecule has 0 bridgehead atoms. The molecular formula is C18H41BO4Si2. The van der Waals surface area contributed by atoms with Gasteiger partial charge in [-0.15, -0.1) is 0 Å². The van der Waals surface area contributed by atoms with Crippen molar-refractivity contribution in [2.45, 2.75) is 103 Å². The molecule has 0 spiro atoms. The lowest BCUT2D eigenvalue weighted by Crippen LogP contribution is -2.53. The summed E-state index contributed by atoms with van der Waals surface area (Å²) < 4.78 is 13.4. The van der Waals surface area contributed by atoms with E-state index in [1.165, 1.54) is 5.98 Å². The minimum absolute atomic E-state index is 0.251. The summed E-state index contributed by atoms with van der Waals surface area (Å²) >= 11 is 0. The Labute approximate surface area is 158 Å². The van der Waals surface area contributed by atoms with Crippen LogP contribution < -0.4 is 0 Å². The van der Waals surface area contributed by atoms with Crippen molar-refractivity contribution >= 4 is 23.8 Å². The minimum Gasteiger partial charge on any atom is -0.424 e. The number of rotatable bonds is 13. The molecular weight excluding hydrogens is 347 g/mol. The Morgan fingerprint density at radius 1 is 1.04 bits per heavy atom. The van der Waals surface area contributed by atoms with Crippen molar-refractivity contribution in [3.63, 3.8) is 0 Å². The molecule has 7 heteroatoms. The summed E-state index contributed by atoms with van der Waals surface area (Å²) in [6.07, 6.45) is 4.64. The molecule has 0 heterocycles. The Kier molecular flexibility index (Phi) is 11.1. The second kappa shape index (κ2) is 11.0. The average molecular weight is 389 g/mol. The molecule has 0 fully saturated rings. The van der Waals surface area contributed by atoms with E-state index in [0.717, 1.165) is 37.4 Å². The molecule has 0 aliphatic heterocycles. The molecule has 2 N–H and O–H groups in total. The fraction of sp³-hybridized carbons (Fsp3) is 0.889. The third kappa shape index (κ3) is 9.02. The van der Waals surface area contributed by atoms with Crippen molar-refractivity contribution in [1.29, 1.82) is 0 Å². The van der Waals surface area contributed by atoms with E-state index in [2.05, 4.69) is 54.3 Å². The molecule has 2 unspecified atom stereocenters. The third-order valence-electron chi connectivity index (χ3n) is 4.94. The summed E-state index contributed by atoms with van der Waals surface area (Å²) in [4.78, 5) is 0. The molecule has 2 atom stereocenters. The topological polar surface area (TPSA) is 58.9 Å². The lowest BCUT2D eigenvalue weighted by Gasteiger charge is -2.45. The third-order valence-corrected chi connectivity index (χ3v) is 10.6. The zero-order chi connectivity index (χ0) is 19.7. The summed E-state index contributed by atoms with van der Waals surface area (Å²) in [5.74, 6) is 1.42. The van der Waals surface area contributed by atoms with Crippen molar-refractivity contribution in [3.05, 3.63) is 12.1 Å². The van der Waals surface area contributed by atoms with E-state index in [4.69, 9.17) is 8.85 Å². The highest BCUT2D eigenvalue weighted by Gasteiger charge is 2.42. The van der Waals surface area contributed by atoms with Gasteiger partial charge in [0.25, 0.3) is 0 Å². The summed E-state index contributed by atoms with van der Waals surface area (Å²) in [5.41, 5.74) is -0.441. The number of unbranched alkanes of at least 4 members (excludes halogenated alkanes) is 1. The van der Waals surface area contributed by atoms with Crippen molar-refractivity contribution in [1.82, 2.24) is 0 Å². The van der Waals surface area contributed by atoms with Crippen molar-refractivity contribution in [2.75, 3.05) is 0 Å². The first-order valence-electron chi connectivity index (χ1n) is 9.90. The molecule has 0 saturated heterocycles. The number of hydrogen-bond acceptors (Lipinski definition) is 4. The van der Waals surface area contributed by atoms with Crippen LogP contribution in [-0.4, -0.2) is 45.5 Å². The standard InChI is InChI=1S/C18H41BO4Si2/c1-9-13-15-18(5,23-24(6,7)8)17(14-16-19(20)21)22-25(10-2,11-3)12-4/h14,16-17,20-21H,9-13,15H2,1-8H3/b16-14+. The predicted molar refractivity (Wildman–Crippen MR) is 114 cm³/mol. The van der Waals surface area contributed by atoms with Crippen molar-refractivity contribution in [2.24, 2.45) is 0 Å². The van der Waals surface area contributed by atoms with Gasteiger partial charge < -0.3 is 18.9 Å². The SMILES string of the molecule is CCCCC(C)(O[Si](C)(C)C)C(/C=C/B(O)O)O[Si](CC)(CC)CC. The molecule has 148 valence electrons. The smallest absolute Gasteiger partial charge is 0.424 e. The first-order chi connectivity index (χ1) is 11.5. The molecule has 0 saturated carbocycles. The van der Waals surface area contributed by atoms with Crippen LogP contribution in [0.1, 0.15) is 53.9 Å². The maximum Gasteiger partial charge on any atom is 0.480 e. The Morgan fingerprint density at radius 2 is 1.56 bits per heavy atom. The Bertz CT molecular complexity index is 387. The highest BCUT2D eigenvalue weighted by atomic mass is 28.4. The molecule has 0 aliphatic carbocycles. The van der Waals surface area contributed by atoms with Crippen LogP contribution in [0.4, 0.5) is 0 Å². The molecule has 0 aromatic carbocycles. The molecule has 0 aliphatic rings. The summed E-state index contributed by atoms with van der Waals surface area (Å²) in [5, 5.41) is 18.7.